The minimum atomic E-state index is -1.09. The Labute approximate surface area is 196 Å². The second-order valence-electron chi connectivity index (χ2n) is 11.8. The fraction of sp³-hybridized carbons (Fsp3) is 1.00. The fourth-order valence-corrected chi connectivity index (χ4v) is 10.9. The summed E-state index contributed by atoms with van der Waals surface area (Å²) in [5, 5.41) is 35.8. The summed E-state index contributed by atoms with van der Waals surface area (Å²) in [6.07, 6.45) is 0.0688. The third-order valence-corrected chi connectivity index (χ3v) is 11.5. The van der Waals surface area contributed by atoms with E-state index in [0.717, 1.165) is 19.5 Å². The number of piperidine rings is 1. The summed E-state index contributed by atoms with van der Waals surface area (Å²) in [7, 11) is 6.91. The van der Waals surface area contributed by atoms with Crippen molar-refractivity contribution >= 4 is 0 Å². The highest BCUT2D eigenvalue weighted by atomic mass is 16.5. The SMILES string of the molecule is CCN1C[C@]2(COC)C(O)C[C@H](OC)[C@@]34[C@@H]5C[C@H]6[C@H](O)[C@@H]5[C@](O)(C[C@@H]6OC)[C@@H]([C@@H](OC)[C@H]23)[C@@H]14. The van der Waals surface area contributed by atoms with Crippen molar-refractivity contribution in [3.05, 3.63) is 0 Å². The van der Waals surface area contributed by atoms with Gasteiger partial charge in [0.05, 0.1) is 42.7 Å². The van der Waals surface area contributed by atoms with Crippen LogP contribution in [-0.2, 0) is 18.9 Å². The minimum absolute atomic E-state index is 0.0111. The van der Waals surface area contributed by atoms with Crippen LogP contribution in [-0.4, -0.2) is 111 Å². The molecule has 0 aromatic heterocycles. The number of nitrogens with zero attached hydrogens (tertiary/aromatic N) is 1. The average molecular weight is 468 g/mol. The highest BCUT2D eigenvalue weighted by molar-refractivity contribution is 5.36. The van der Waals surface area contributed by atoms with Crippen LogP contribution >= 0.6 is 0 Å². The minimum Gasteiger partial charge on any atom is -0.392 e. The maximum atomic E-state index is 12.6. The Balaban J connectivity index is 1.65. The molecular weight excluding hydrogens is 426 g/mol. The summed E-state index contributed by atoms with van der Waals surface area (Å²) in [5.74, 6) is -0.369. The molecule has 1 heterocycles. The topological polar surface area (TPSA) is 101 Å². The summed E-state index contributed by atoms with van der Waals surface area (Å²) >= 11 is 0. The van der Waals surface area contributed by atoms with Crippen molar-refractivity contribution in [1.82, 2.24) is 4.90 Å². The zero-order valence-electron chi connectivity index (χ0n) is 20.5. The number of likely N-dealkylation sites (tertiary alicyclic amines) is 1. The molecule has 0 aromatic rings. The van der Waals surface area contributed by atoms with Crippen LogP contribution in [0.1, 0.15) is 26.2 Å². The van der Waals surface area contributed by atoms with Gasteiger partial charge in [-0.05, 0) is 18.9 Å². The van der Waals surface area contributed by atoms with Crippen LogP contribution < -0.4 is 0 Å². The van der Waals surface area contributed by atoms with Gasteiger partial charge >= 0.3 is 0 Å². The molecule has 1 saturated heterocycles. The molecule has 8 nitrogen and oxygen atoms in total. The lowest BCUT2D eigenvalue weighted by Crippen LogP contribution is -2.78. The molecule has 6 rings (SSSR count). The van der Waals surface area contributed by atoms with Gasteiger partial charge in [0.25, 0.3) is 0 Å². The molecule has 1 unspecified atom stereocenters. The first-order valence-electron chi connectivity index (χ1n) is 12.7. The molecule has 5 saturated carbocycles. The molecule has 33 heavy (non-hydrogen) atoms. The quantitative estimate of drug-likeness (QED) is 0.507. The molecule has 0 amide bonds. The molecule has 0 aromatic carbocycles. The smallest absolute Gasteiger partial charge is 0.0796 e. The third kappa shape index (κ3) is 2.32. The second kappa shape index (κ2) is 7.35. The number of hydrogen-bond acceptors (Lipinski definition) is 8. The summed E-state index contributed by atoms with van der Waals surface area (Å²) < 4.78 is 24.3. The van der Waals surface area contributed by atoms with Gasteiger partial charge in [0, 0.05) is 88.4 Å². The van der Waals surface area contributed by atoms with Crippen LogP contribution in [0.2, 0.25) is 0 Å². The Kier molecular flexibility index (Phi) is 5.15. The standard InChI is InChI=1S/C25H41NO7/c1-6-26-10-23(11-30-2)15(27)8-16(32-4)25-13-7-12-14(31-3)9-24(29,17(13)19(12)28)18(22(25)26)20(33-5)21(23)25/h12-22,27-29H,6-11H2,1-5H3/t12-,13-,14+,15?,16+,17-,18+,19+,20-,21-,22-,23+,24-,25+/m1/s1. The first-order chi connectivity index (χ1) is 15.8. The van der Waals surface area contributed by atoms with Crippen LogP contribution in [0.15, 0.2) is 0 Å². The maximum absolute atomic E-state index is 12.6. The monoisotopic (exact) mass is 467 g/mol. The molecule has 188 valence electrons. The van der Waals surface area contributed by atoms with Crippen LogP contribution in [0.5, 0.6) is 0 Å². The maximum Gasteiger partial charge on any atom is 0.0796 e. The molecule has 3 N–H and O–H groups in total. The lowest BCUT2D eigenvalue weighted by Gasteiger charge is -2.70. The van der Waals surface area contributed by atoms with E-state index in [1.54, 1.807) is 28.4 Å². The molecule has 7 bridgehead atoms. The first-order valence-corrected chi connectivity index (χ1v) is 12.7. The van der Waals surface area contributed by atoms with Crippen molar-refractivity contribution in [1.29, 1.82) is 0 Å². The highest BCUT2D eigenvalue weighted by Gasteiger charge is 2.87. The van der Waals surface area contributed by atoms with Crippen LogP contribution in [0.4, 0.5) is 0 Å². The lowest BCUT2D eigenvalue weighted by atomic mass is 9.42. The van der Waals surface area contributed by atoms with E-state index in [9.17, 15) is 15.3 Å². The third-order valence-electron chi connectivity index (χ3n) is 11.5. The van der Waals surface area contributed by atoms with Gasteiger partial charge in [-0.25, -0.2) is 0 Å². The first kappa shape index (κ1) is 23.1. The predicted molar refractivity (Wildman–Crippen MR) is 118 cm³/mol. The molecule has 6 aliphatic rings. The van der Waals surface area contributed by atoms with E-state index in [1.807, 2.05) is 0 Å². The van der Waals surface area contributed by atoms with E-state index in [2.05, 4.69) is 11.8 Å². The van der Waals surface area contributed by atoms with E-state index in [-0.39, 0.29) is 59.4 Å². The summed E-state index contributed by atoms with van der Waals surface area (Å²) in [5.41, 5.74) is -1.93. The lowest BCUT2D eigenvalue weighted by molar-refractivity contribution is -0.295. The van der Waals surface area contributed by atoms with Crippen LogP contribution in [0.3, 0.4) is 0 Å². The van der Waals surface area contributed by atoms with Gasteiger partial charge < -0.3 is 34.3 Å². The van der Waals surface area contributed by atoms with Gasteiger partial charge in [-0.15, -0.1) is 0 Å². The average Bonchev–Trinajstić information content (AvgIpc) is 3.20. The Hall–Kier alpha value is -0.320. The van der Waals surface area contributed by atoms with Crippen molar-refractivity contribution in [2.24, 2.45) is 40.4 Å². The second-order valence-corrected chi connectivity index (χ2v) is 11.8. The highest BCUT2D eigenvalue weighted by Crippen LogP contribution is 2.79. The largest absolute Gasteiger partial charge is 0.392 e. The van der Waals surface area contributed by atoms with Crippen molar-refractivity contribution in [3.63, 3.8) is 0 Å². The zero-order valence-corrected chi connectivity index (χ0v) is 20.5. The predicted octanol–water partition coefficient (Wildman–Crippen LogP) is 0.127. The fourth-order valence-electron chi connectivity index (χ4n) is 10.9. The summed E-state index contributed by atoms with van der Waals surface area (Å²) in [4.78, 5) is 2.47. The normalized spacial score (nSPS) is 60.9. The molecular formula is C25H41NO7. The number of hydrogen-bond donors (Lipinski definition) is 3. The zero-order chi connectivity index (χ0) is 23.5. The van der Waals surface area contributed by atoms with Gasteiger partial charge in [-0.3, -0.25) is 4.90 Å². The summed E-state index contributed by atoms with van der Waals surface area (Å²) in [6.45, 7) is 4.14. The van der Waals surface area contributed by atoms with Crippen molar-refractivity contribution in [2.75, 3.05) is 48.1 Å². The number of aliphatic hydroxyl groups excluding tert-OH is 2. The number of methoxy groups -OCH3 is 4. The van der Waals surface area contributed by atoms with E-state index < -0.39 is 23.2 Å². The van der Waals surface area contributed by atoms with Gasteiger partial charge in [-0.2, -0.15) is 0 Å². The van der Waals surface area contributed by atoms with Crippen LogP contribution in [0, 0.1) is 40.4 Å². The number of fused-ring (bicyclic) bond motifs is 2. The summed E-state index contributed by atoms with van der Waals surface area (Å²) in [6, 6.07) is 0.0627. The van der Waals surface area contributed by atoms with Gasteiger partial charge in [0.15, 0.2) is 0 Å². The molecule has 8 heteroatoms. The molecule has 1 aliphatic heterocycles. The number of aliphatic hydroxyl groups is 3. The molecule has 5 aliphatic carbocycles. The van der Waals surface area contributed by atoms with Gasteiger partial charge in [-0.1, -0.05) is 6.92 Å². The van der Waals surface area contributed by atoms with E-state index in [4.69, 9.17) is 18.9 Å². The molecule has 0 radical (unpaired) electrons. The molecule has 14 atom stereocenters. The van der Waals surface area contributed by atoms with Crippen molar-refractivity contribution in [3.8, 4) is 0 Å². The molecule has 6 fully saturated rings. The Morgan fingerprint density at radius 3 is 2.36 bits per heavy atom. The van der Waals surface area contributed by atoms with Gasteiger partial charge in [0.2, 0.25) is 0 Å². The van der Waals surface area contributed by atoms with E-state index in [1.165, 1.54) is 0 Å². The van der Waals surface area contributed by atoms with Gasteiger partial charge in [0.1, 0.15) is 0 Å². The van der Waals surface area contributed by atoms with E-state index >= 15 is 0 Å². The molecule has 1 spiro atoms. The Morgan fingerprint density at radius 1 is 1.00 bits per heavy atom. The van der Waals surface area contributed by atoms with E-state index in [0.29, 0.717) is 19.4 Å². The number of rotatable bonds is 6. The van der Waals surface area contributed by atoms with Crippen molar-refractivity contribution < 1.29 is 34.3 Å². The van der Waals surface area contributed by atoms with Crippen LogP contribution in [0.25, 0.3) is 0 Å². The number of ether oxygens (including phenoxy) is 4. The Bertz CT molecular complexity index is 799. The Morgan fingerprint density at radius 2 is 1.76 bits per heavy atom. The van der Waals surface area contributed by atoms with Crippen molar-refractivity contribution in [2.45, 2.75) is 68.3 Å².